The monoisotopic (exact) mass is 253 g/mol. The number of sulfonamides is 1. The molecule has 0 aliphatic carbocycles. The quantitative estimate of drug-likeness (QED) is 0.537. The van der Waals surface area contributed by atoms with Crippen LogP contribution in [-0.4, -0.2) is 15.5 Å². The minimum absolute atomic E-state index is 0. The average molecular weight is 253 g/mol. The van der Waals surface area contributed by atoms with E-state index in [0.29, 0.717) is 5.69 Å². The fourth-order valence-corrected chi connectivity index (χ4v) is 2.66. The molecule has 0 fully saturated rings. The van der Waals surface area contributed by atoms with Crippen LogP contribution in [0.2, 0.25) is 0 Å². The summed E-state index contributed by atoms with van der Waals surface area (Å²) in [4.78, 5) is 0.242. The van der Waals surface area contributed by atoms with E-state index in [0.717, 1.165) is 0 Å². The van der Waals surface area contributed by atoms with E-state index in [1.54, 1.807) is 42.5 Å². The van der Waals surface area contributed by atoms with Crippen molar-refractivity contribution < 1.29 is 27.3 Å². The van der Waals surface area contributed by atoms with Gasteiger partial charge in [0.25, 0.3) is 0 Å². The molecule has 0 heterocycles. The van der Waals surface area contributed by atoms with Gasteiger partial charge in [0.05, 0.1) is 5.69 Å². The van der Waals surface area contributed by atoms with Gasteiger partial charge >= 0.3 is 18.9 Å². The van der Waals surface area contributed by atoms with Crippen LogP contribution in [0, 0.1) is 6.07 Å². The van der Waals surface area contributed by atoms with Crippen molar-refractivity contribution in [2.45, 2.75) is 4.90 Å². The zero-order valence-electron chi connectivity index (χ0n) is 10.4. The van der Waals surface area contributed by atoms with Crippen molar-refractivity contribution in [1.29, 1.82) is 0 Å². The van der Waals surface area contributed by atoms with Crippen molar-refractivity contribution in [2.24, 2.45) is 0 Å². The predicted molar refractivity (Wildman–Crippen MR) is 67.3 cm³/mol. The van der Waals surface area contributed by atoms with E-state index in [1.165, 1.54) is 17.4 Å². The fourth-order valence-electron chi connectivity index (χ4n) is 1.47. The third kappa shape index (κ3) is 2.97. The normalized spacial score (nSPS) is 10.5. The Kier molecular flexibility index (Phi) is 5.03. The molecule has 0 saturated heterocycles. The predicted octanol–water partition coefficient (Wildman–Crippen LogP) is -0.684. The minimum atomic E-state index is -3.49. The van der Waals surface area contributed by atoms with Gasteiger partial charge in [0.2, 0.25) is 10.0 Å². The molecule has 0 saturated carbocycles. The number of hydrogen-bond acceptors (Lipinski definition) is 2. The maximum absolute atomic E-state index is 12.2. The van der Waals surface area contributed by atoms with E-state index >= 15 is 0 Å². The van der Waals surface area contributed by atoms with Gasteiger partial charge in [0, 0.05) is 7.05 Å². The second kappa shape index (κ2) is 6.10. The summed E-state index contributed by atoms with van der Waals surface area (Å²) in [5.41, 5.74) is 0.636. The Morgan fingerprint density at radius 3 is 2.28 bits per heavy atom. The molecule has 5 heteroatoms. The summed E-state index contributed by atoms with van der Waals surface area (Å²) in [6.45, 7) is 0. The van der Waals surface area contributed by atoms with Gasteiger partial charge in [0.1, 0.15) is 0 Å². The van der Waals surface area contributed by atoms with Crippen LogP contribution in [0.1, 0.15) is 0 Å². The van der Waals surface area contributed by atoms with E-state index < -0.39 is 10.0 Å². The topological polar surface area (TPSA) is 37.4 Å². The van der Waals surface area contributed by atoms with Gasteiger partial charge in [-0.1, -0.05) is 18.2 Å². The molecule has 0 aliphatic rings. The molecule has 0 amide bonds. The Balaban J connectivity index is 0.00000162. The third-order valence-corrected chi connectivity index (χ3v) is 4.24. The summed E-state index contributed by atoms with van der Waals surface area (Å²) in [5, 5.41) is 0. The molecule has 0 N–H and O–H groups in total. The van der Waals surface area contributed by atoms with E-state index in [-0.39, 0.29) is 23.8 Å². The first-order valence-corrected chi connectivity index (χ1v) is 6.56. The van der Waals surface area contributed by atoms with Gasteiger partial charge in [-0.2, -0.15) is 30.3 Å². The van der Waals surface area contributed by atoms with Crippen LogP contribution >= 0.6 is 0 Å². The Hall–Kier alpha value is -1.21. The molecule has 0 aromatic heterocycles. The molecule has 18 heavy (non-hydrogen) atoms. The van der Waals surface area contributed by atoms with Crippen molar-refractivity contribution in [3.8, 4) is 0 Å². The van der Waals surface area contributed by atoms with Crippen molar-refractivity contribution >= 4 is 15.7 Å². The SMILES string of the molecule is CN(c1ccccc1)S(=O)(=O)c1c[c-]ccc1.[Li+]. The molecule has 0 unspecified atom stereocenters. The van der Waals surface area contributed by atoms with Crippen LogP contribution < -0.4 is 23.2 Å². The van der Waals surface area contributed by atoms with Crippen LogP contribution in [0.5, 0.6) is 0 Å². The van der Waals surface area contributed by atoms with Crippen LogP contribution in [-0.2, 0) is 10.0 Å². The molecule has 0 atom stereocenters. The summed E-state index contributed by atoms with van der Waals surface area (Å²) < 4.78 is 25.7. The zero-order valence-corrected chi connectivity index (χ0v) is 11.2. The molecular formula is C13H12LiNO2S. The second-order valence-corrected chi connectivity index (χ2v) is 5.52. The molecule has 2 rings (SSSR count). The van der Waals surface area contributed by atoms with Gasteiger partial charge in [-0.15, -0.1) is 0 Å². The third-order valence-electron chi connectivity index (χ3n) is 2.46. The van der Waals surface area contributed by atoms with E-state index in [4.69, 9.17) is 0 Å². The summed E-state index contributed by atoms with van der Waals surface area (Å²) in [5.74, 6) is 0. The molecule has 88 valence electrons. The van der Waals surface area contributed by atoms with Crippen molar-refractivity contribution in [3.05, 3.63) is 60.7 Å². The largest absolute Gasteiger partial charge is 1.00 e. The summed E-state index contributed by atoms with van der Waals surface area (Å²) in [7, 11) is -1.95. The molecule has 2 aromatic carbocycles. The minimum Gasteiger partial charge on any atom is -0.279 e. The average Bonchev–Trinajstić information content (AvgIpc) is 2.40. The van der Waals surface area contributed by atoms with Gasteiger partial charge in [-0.3, -0.25) is 4.31 Å². The van der Waals surface area contributed by atoms with Gasteiger partial charge in [0.15, 0.2) is 0 Å². The molecular weight excluding hydrogens is 241 g/mol. The first-order valence-electron chi connectivity index (χ1n) is 5.12. The number of hydrogen-bond donors (Lipinski definition) is 0. The van der Waals surface area contributed by atoms with Gasteiger partial charge in [-0.25, -0.2) is 8.42 Å². The Morgan fingerprint density at radius 1 is 1.06 bits per heavy atom. The fraction of sp³-hybridized carbons (Fsp3) is 0.0769. The van der Waals surface area contributed by atoms with Gasteiger partial charge < -0.3 is 0 Å². The van der Waals surface area contributed by atoms with E-state index in [1.807, 2.05) is 6.07 Å². The van der Waals surface area contributed by atoms with Crippen LogP contribution in [0.3, 0.4) is 0 Å². The smallest absolute Gasteiger partial charge is 0.279 e. The molecule has 0 aliphatic heterocycles. The number of rotatable bonds is 3. The van der Waals surface area contributed by atoms with Crippen LogP contribution in [0.25, 0.3) is 0 Å². The van der Waals surface area contributed by atoms with Crippen molar-refractivity contribution in [2.75, 3.05) is 11.4 Å². The van der Waals surface area contributed by atoms with Crippen molar-refractivity contribution in [3.63, 3.8) is 0 Å². The van der Waals surface area contributed by atoms with Crippen molar-refractivity contribution in [1.82, 2.24) is 0 Å². The number of benzene rings is 2. The molecule has 0 spiro atoms. The number of anilines is 1. The first kappa shape index (κ1) is 14.8. The second-order valence-electron chi connectivity index (χ2n) is 3.55. The van der Waals surface area contributed by atoms with E-state index in [9.17, 15) is 8.42 Å². The Bertz CT molecular complexity index is 585. The van der Waals surface area contributed by atoms with Crippen LogP contribution in [0.15, 0.2) is 59.5 Å². The Labute approximate surface area is 120 Å². The maximum atomic E-state index is 12.2. The molecule has 0 bridgehead atoms. The van der Waals surface area contributed by atoms with Crippen LogP contribution in [0.4, 0.5) is 5.69 Å². The summed E-state index contributed by atoms with van der Waals surface area (Å²) in [6, 6.07) is 18.1. The zero-order chi connectivity index (χ0) is 12.3. The molecule has 0 radical (unpaired) electrons. The summed E-state index contributed by atoms with van der Waals surface area (Å²) in [6.07, 6.45) is 0. The van der Waals surface area contributed by atoms with Gasteiger partial charge in [-0.05, 0) is 17.0 Å². The number of para-hydroxylation sites is 1. The van der Waals surface area contributed by atoms with E-state index in [2.05, 4.69) is 6.07 Å². The Morgan fingerprint density at radius 2 is 1.72 bits per heavy atom. The summed E-state index contributed by atoms with van der Waals surface area (Å²) >= 11 is 0. The maximum Gasteiger partial charge on any atom is 1.00 e. The molecule has 3 nitrogen and oxygen atoms in total. The molecule has 2 aromatic rings. The first-order chi connectivity index (χ1) is 8.12. The standard InChI is InChI=1S/C13H12NO2S.Li/c1-14(12-8-4-2-5-9-12)17(15,16)13-10-6-3-7-11-13;/h2-6,8-11H,1H3;/q-1;+1. The number of nitrogens with zero attached hydrogens (tertiary/aromatic N) is 1.